The Morgan fingerprint density at radius 3 is 2.88 bits per heavy atom. The number of anilines is 1. The maximum absolute atomic E-state index is 12.2. The Hall–Kier alpha value is -1.00. The molecule has 2 rings (SSSR count). The van der Waals surface area contributed by atoms with Gasteiger partial charge in [-0.25, -0.2) is 0 Å². The van der Waals surface area contributed by atoms with Crippen molar-refractivity contribution in [2.45, 2.75) is 23.5 Å². The third-order valence-corrected chi connectivity index (χ3v) is 4.11. The lowest BCUT2D eigenvalue weighted by molar-refractivity contribution is -0.118. The highest BCUT2D eigenvalue weighted by Gasteiger charge is 2.31. The van der Waals surface area contributed by atoms with Crippen LogP contribution in [0.25, 0.3) is 0 Å². The maximum Gasteiger partial charge on any atom is 0.240 e. The molecule has 0 spiro atoms. The summed E-state index contributed by atoms with van der Waals surface area (Å²) in [5.74, 6) is 0.191. The van der Waals surface area contributed by atoms with E-state index in [0.29, 0.717) is 13.1 Å². The Labute approximate surface area is 100.0 Å². The summed E-state index contributed by atoms with van der Waals surface area (Å²) in [4.78, 5) is 15.2. The fraction of sp³-hybridized carbons (Fsp3) is 0.417. The summed E-state index contributed by atoms with van der Waals surface area (Å²) in [6.45, 7) is 3.15. The molecular weight excluding hydrogens is 220 g/mol. The summed E-state index contributed by atoms with van der Waals surface area (Å²) < 4.78 is 0. The molecule has 0 radical (unpaired) electrons. The van der Waals surface area contributed by atoms with Gasteiger partial charge in [0.15, 0.2) is 0 Å². The van der Waals surface area contributed by atoms with Gasteiger partial charge in [0.05, 0.1) is 10.9 Å². The molecule has 0 aliphatic carbocycles. The molecule has 1 aliphatic heterocycles. The molecule has 0 bridgehead atoms. The molecule has 1 heterocycles. The van der Waals surface area contributed by atoms with E-state index >= 15 is 0 Å². The van der Waals surface area contributed by atoms with Crippen LogP contribution in [-0.2, 0) is 4.79 Å². The van der Waals surface area contributed by atoms with Crippen molar-refractivity contribution in [1.82, 2.24) is 0 Å². The molecule has 1 aromatic rings. The zero-order chi connectivity index (χ0) is 11.5. The number of thioether (sulfide) groups is 1. The van der Waals surface area contributed by atoms with Gasteiger partial charge in [-0.2, -0.15) is 0 Å². The third kappa shape index (κ3) is 1.95. The highest BCUT2D eigenvalue weighted by molar-refractivity contribution is 8.01. The van der Waals surface area contributed by atoms with E-state index in [9.17, 15) is 4.79 Å². The van der Waals surface area contributed by atoms with Gasteiger partial charge in [0.2, 0.25) is 5.91 Å². The van der Waals surface area contributed by atoms with Gasteiger partial charge in [0.25, 0.3) is 0 Å². The summed E-state index contributed by atoms with van der Waals surface area (Å²) in [5, 5.41) is 0.0430. The van der Waals surface area contributed by atoms with Crippen molar-refractivity contribution in [3.63, 3.8) is 0 Å². The minimum Gasteiger partial charge on any atom is -0.329 e. The van der Waals surface area contributed by atoms with Crippen molar-refractivity contribution in [3.8, 4) is 0 Å². The smallest absolute Gasteiger partial charge is 0.240 e. The first kappa shape index (κ1) is 11.5. The molecule has 1 aliphatic rings. The lowest BCUT2D eigenvalue weighted by Gasteiger charge is -2.33. The quantitative estimate of drug-likeness (QED) is 0.871. The molecule has 0 aromatic heterocycles. The van der Waals surface area contributed by atoms with E-state index in [1.165, 1.54) is 4.90 Å². The van der Waals surface area contributed by atoms with Gasteiger partial charge in [-0.1, -0.05) is 19.1 Å². The molecule has 16 heavy (non-hydrogen) atoms. The van der Waals surface area contributed by atoms with Crippen molar-refractivity contribution in [2.24, 2.45) is 5.73 Å². The standard InChI is InChI=1S/C12H16N2OS/c1-2-10-12(15)14(8-7-13)9-5-3-4-6-11(9)16-10/h3-6,10H,2,7-8,13H2,1H3. The van der Waals surface area contributed by atoms with Crippen LogP contribution < -0.4 is 10.6 Å². The summed E-state index contributed by atoms with van der Waals surface area (Å²) >= 11 is 1.66. The second-order valence-electron chi connectivity index (χ2n) is 3.76. The maximum atomic E-state index is 12.2. The predicted molar refractivity (Wildman–Crippen MR) is 67.8 cm³/mol. The molecule has 0 saturated carbocycles. The van der Waals surface area contributed by atoms with Gasteiger partial charge >= 0.3 is 0 Å². The molecule has 3 nitrogen and oxygen atoms in total. The van der Waals surface area contributed by atoms with E-state index in [4.69, 9.17) is 5.73 Å². The van der Waals surface area contributed by atoms with E-state index in [-0.39, 0.29) is 11.2 Å². The van der Waals surface area contributed by atoms with Gasteiger partial charge in [-0.15, -0.1) is 11.8 Å². The minimum absolute atomic E-state index is 0.0430. The van der Waals surface area contributed by atoms with Crippen molar-refractivity contribution in [3.05, 3.63) is 24.3 Å². The Bertz CT molecular complexity index is 394. The largest absolute Gasteiger partial charge is 0.329 e. The third-order valence-electron chi connectivity index (χ3n) is 2.69. The SMILES string of the molecule is CCC1Sc2ccccc2N(CCN)C1=O. The molecule has 1 atom stereocenters. The Kier molecular flexibility index (Phi) is 3.51. The number of hydrogen-bond donors (Lipinski definition) is 1. The number of hydrogen-bond acceptors (Lipinski definition) is 3. The molecule has 1 amide bonds. The van der Waals surface area contributed by atoms with Crippen LogP contribution in [0.4, 0.5) is 5.69 Å². The molecule has 1 unspecified atom stereocenters. The second kappa shape index (κ2) is 4.89. The average Bonchev–Trinajstić information content (AvgIpc) is 2.32. The fourth-order valence-corrected chi connectivity index (χ4v) is 3.05. The van der Waals surface area contributed by atoms with Crippen LogP contribution in [0.1, 0.15) is 13.3 Å². The average molecular weight is 236 g/mol. The van der Waals surface area contributed by atoms with Crippen LogP contribution in [0.2, 0.25) is 0 Å². The molecule has 0 saturated heterocycles. The summed E-state index contributed by atoms with van der Waals surface area (Å²) in [5.41, 5.74) is 6.57. The number of rotatable bonds is 3. The zero-order valence-corrected chi connectivity index (χ0v) is 10.2. The van der Waals surface area contributed by atoms with Crippen LogP contribution in [0.15, 0.2) is 29.2 Å². The Balaban J connectivity index is 2.38. The monoisotopic (exact) mass is 236 g/mol. The van der Waals surface area contributed by atoms with Crippen LogP contribution >= 0.6 is 11.8 Å². The number of fused-ring (bicyclic) bond motifs is 1. The highest BCUT2D eigenvalue weighted by Crippen LogP contribution is 2.39. The summed E-state index contributed by atoms with van der Waals surface area (Å²) in [6.07, 6.45) is 0.860. The topological polar surface area (TPSA) is 46.3 Å². The van der Waals surface area contributed by atoms with Gasteiger partial charge in [-0.3, -0.25) is 4.79 Å². The van der Waals surface area contributed by atoms with E-state index < -0.39 is 0 Å². The molecule has 4 heteroatoms. The summed E-state index contributed by atoms with van der Waals surface area (Å²) in [6, 6.07) is 8.03. The number of carbonyl (C=O) groups excluding carboxylic acids is 1. The first-order valence-electron chi connectivity index (χ1n) is 5.55. The van der Waals surface area contributed by atoms with Gasteiger partial charge in [0.1, 0.15) is 0 Å². The molecule has 0 fully saturated rings. The fourth-order valence-electron chi connectivity index (χ4n) is 1.89. The van der Waals surface area contributed by atoms with Crippen molar-refractivity contribution in [2.75, 3.05) is 18.0 Å². The predicted octanol–water partition coefficient (Wildman–Crippen LogP) is 1.86. The van der Waals surface area contributed by atoms with Crippen molar-refractivity contribution >= 4 is 23.4 Å². The molecule has 86 valence electrons. The van der Waals surface area contributed by atoms with Crippen LogP contribution in [0, 0.1) is 0 Å². The van der Waals surface area contributed by atoms with Crippen LogP contribution in [0.5, 0.6) is 0 Å². The van der Waals surface area contributed by atoms with Crippen LogP contribution in [0.3, 0.4) is 0 Å². The Morgan fingerprint density at radius 2 is 2.19 bits per heavy atom. The van der Waals surface area contributed by atoms with E-state index in [1.807, 2.05) is 30.0 Å². The summed E-state index contributed by atoms with van der Waals surface area (Å²) in [7, 11) is 0. The number of amides is 1. The number of nitrogens with zero attached hydrogens (tertiary/aromatic N) is 1. The first-order valence-corrected chi connectivity index (χ1v) is 6.43. The molecule has 2 N–H and O–H groups in total. The highest BCUT2D eigenvalue weighted by atomic mass is 32.2. The van der Waals surface area contributed by atoms with E-state index in [1.54, 1.807) is 11.8 Å². The normalized spacial score (nSPS) is 19.8. The van der Waals surface area contributed by atoms with Crippen molar-refractivity contribution < 1.29 is 4.79 Å². The zero-order valence-electron chi connectivity index (χ0n) is 9.35. The van der Waals surface area contributed by atoms with Crippen LogP contribution in [-0.4, -0.2) is 24.2 Å². The van der Waals surface area contributed by atoms with Crippen molar-refractivity contribution in [1.29, 1.82) is 0 Å². The first-order chi connectivity index (χ1) is 7.77. The van der Waals surface area contributed by atoms with E-state index in [0.717, 1.165) is 12.1 Å². The van der Waals surface area contributed by atoms with E-state index in [2.05, 4.69) is 6.07 Å². The number of nitrogens with two attached hydrogens (primary N) is 1. The lowest BCUT2D eigenvalue weighted by Crippen LogP contribution is -2.43. The minimum atomic E-state index is 0.0430. The number of para-hydroxylation sites is 1. The van der Waals surface area contributed by atoms with Gasteiger partial charge in [-0.05, 0) is 18.6 Å². The molecule has 1 aromatic carbocycles. The lowest BCUT2D eigenvalue weighted by atomic mass is 10.2. The molecular formula is C12H16N2OS. The Morgan fingerprint density at radius 1 is 1.44 bits per heavy atom. The van der Waals surface area contributed by atoms with Gasteiger partial charge in [0, 0.05) is 18.0 Å². The number of carbonyl (C=O) groups is 1. The second-order valence-corrected chi connectivity index (χ2v) is 5.01. The number of benzene rings is 1. The van der Waals surface area contributed by atoms with Gasteiger partial charge < -0.3 is 10.6 Å².